The summed E-state index contributed by atoms with van der Waals surface area (Å²) in [6.45, 7) is 9.00. The van der Waals surface area contributed by atoms with Crippen LogP contribution in [0.5, 0.6) is 0 Å². The van der Waals surface area contributed by atoms with Crippen molar-refractivity contribution in [2.75, 3.05) is 20.1 Å². The first-order valence-electron chi connectivity index (χ1n) is 5.36. The maximum absolute atomic E-state index is 5.71. The van der Waals surface area contributed by atoms with Crippen molar-refractivity contribution in [3.63, 3.8) is 0 Å². The van der Waals surface area contributed by atoms with Gasteiger partial charge in [0.15, 0.2) is 0 Å². The number of furan rings is 1. The molecular formula is C12H22N2O. The molecule has 1 heterocycles. The molecule has 0 fully saturated rings. The molecule has 0 atom stereocenters. The minimum Gasteiger partial charge on any atom is -0.469 e. The van der Waals surface area contributed by atoms with E-state index in [0.717, 1.165) is 18.8 Å². The summed E-state index contributed by atoms with van der Waals surface area (Å²) in [6.07, 6.45) is 1.74. The van der Waals surface area contributed by atoms with Crippen molar-refractivity contribution < 1.29 is 4.42 Å². The second kappa shape index (κ2) is 4.81. The maximum atomic E-state index is 5.71. The van der Waals surface area contributed by atoms with Gasteiger partial charge >= 0.3 is 0 Å². The zero-order valence-corrected chi connectivity index (χ0v) is 10.2. The lowest BCUT2D eigenvalue weighted by atomic mass is 9.93. The van der Waals surface area contributed by atoms with Gasteiger partial charge in [-0.25, -0.2) is 0 Å². The van der Waals surface area contributed by atoms with Crippen LogP contribution in [-0.2, 0) is 6.54 Å². The molecule has 1 aromatic rings. The van der Waals surface area contributed by atoms with Crippen molar-refractivity contribution >= 4 is 0 Å². The minimum absolute atomic E-state index is 0.173. The molecule has 1 aromatic heterocycles. The minimum atomic E-state index is 0.173. The average molecular weight is 210 g/mol. The summed E-state index contributed by atoms with van der Waals surface area (Å²) in [4.78, 5) is 2.28. The van der Waals surface area contributed by atoms with Crippen molar-refractivity contribution in [2.45, 2.75) is 27.3 Å². The van der Waals surface area contributed by atoms with Crippen LogP contribution in [0.25, 0.3) is 0 Å². The molecule has 0 unspecified atom stereocenters. The molecule has 2 N–H and O–H groups in total. The third-order valence-corrected chi connectivity index (χ3v) is 2.66. The average Bonchev–Trinajstić information content (AvgIpc) is 2.51. The lowest BCUT2D eigenvalue weighted by molar-refractivity contribution is 0.209. The van der Waals surface area contributed by atoms with Gasteiger partial charge in [-0.15, -0.1) is 0 Å². The van der Waals surface area contributed by atoms with E-state index in [4.69, 9.17) is 10.2 Å². The third-order valence-electron chi connectivity index (χ3n) is 2.66. The van der Waals surface area contributed by atoms with Crippen LogP contribution in [0.15, 0.2) is 16.7 Å². The van der Waals surface area contributed by atoms with Crippen molar-refractivity contribution in [3.05, 3.63) is 23.7 Å². The molecule has 0 saturated heterocycles. The van der Waals surface area contributed by atoms with Gasteiger partial charge in [0, 0.05) is 18.7 Å². The maximum Gasteiger partial charge on any atom is 0.105 e. The zero-order chi connectivity index (χ0) is 11.5. The van der Waals surface area contributed by atoms with E-state index in [0.29, 0.717) is 6.54 Å². The standard InChI is InChI=1S/C12H22N2O/c1-10-11(5-6-15-10)7-14(4)9-12(2,3)8-13/h5-6H,7-9,13H2,1-4H3. The van der Waals surface area contributed by atoms with Gasteiger partial charge in [-0.1, -0.05) is 13.8 Å². The zero-order valence-electron chi connectivity index (χ0n) is 10.2. The largest absolute Gasteiger partial charge is 0.469 e. The van der Waals surface area contributed by atoms with Crippen LogP contribution in [0.2, 0.25) is 0 Å². The van der Waals surface area contributed by atoms with Crippen LogP contribution < -0.4 is 5.73 Å². The first-order chi connectivity index (χ1) is 6.94. The molecule has 0 saturated carbocycles. The fourth-order valence-corrected chi connectivity index (χ4v) is 1.72. The Morgan fingerprint density at radius 3 is 2.60 bits per heavy atom. The number of aryl methyl sites for hydroxylation is 1. The first-order valence-corrected chi connectivity index (χ1v) is 5.36. The summed E-state index contributed by atoms with van der Waals surface area (Å²) in [5, 5.41) is 0. The van der Waals surface area contributed by atoms with Gasteiger partial charge in [-0.2, -0.15) is 0 Å². The first kappa shape index (κ1) is 12.3. The molecule has 1 rings (SSSR count). The molecule has 86 valence electrons. The smallest absolute Gasteiger partial charge is 0.105 e. The highest BCUT2D eigenvalue weighted by atomic mass is 16.3. The summed E-state index contributed by atoms with van der Waals surface area (Å²) < 4.78 is 5.27. The van der Waals surface area contributed by atoms with E-state index in [-0.39, 0.29) is 5.41 Å². The Balaban J connectivity index is 2.50. The van der Waals surface area contributed by atoms with Crippen molar-refractivity contribution in [1.29, 1.82) is 0 Å². The van der Waals surface area contributed by atoms with E-state index in [1.807, 2.05) is 13.0 Å². The Bertz CT molecular complexity index is 304. The highest BCUT2D eigenvalue weighted by molar-refractivity contribution is 5.15. The second-order valence-electron chi connectivity index (χ2n) is 5.04. The third kappa shape index (κ3) is 3.68. The van der Waals surface area contributed by atoms with E-state index in [1.54, 1.807) is 6.26 Å². The fraction of sp³-hybridized carbons (Fsp3) is 0.667. The highest BCUT2D eigenvalue weighted by Gasteiger charge is 2.18. The summed E-state index contributed by atoms with van der Waals surface area (Å²) >= 11 is 0. The Kier molecular flexibility index (Phi) is 3.94. The monoisotopic (exact) mass is 210 g/mol. The molecule has 0 aliphatic heterocycles. The predicted molar refractivity (Wildman–Crippen MR) is 62.6 cm³/mol. The number of hydrogen-bond donors (Lipinski definition) is 1. The Labute approximate surface area is 92.2 Å². The molecule has 0 aliphatic rings. The fourth-order valence-electron chi connectivity index (χ4n) is 1.72. The predicted octanol–water partition coefficient (Wildman–Crippen LogP) is 2.00. The molecule has 0 amide bonds. The van der Waals surface area contributed by atoms with Gasteiger partial charge in [0.2, 0.25) is 0 Å². The van der Waals surface area contributed by atoms with E-state index in [9.17, 15) is 0 Å². The van der Waals surface area contributed by atoms with Gasteiger partial charge in [0.25, 0.3) is 0 Å². The van der Waals surface area contributed by atoms with Gasteiger partial charge in [0.05, 0.1) is 6.26 Å². The highest BCUT2D eigenvalue weighted by Crippen LogP contribution is 2.17. The van der Waals surface area contributed by atoms with Crippen LogP contribution in [0.4, 0.5) is 0 Å². The molecule has 3 nitrogen and oxygen atoms in total. The van der Waals surface area contributed by atoms with Crippen molar-refractivity contribution in [3.8, 4) is 0 Å². The second-order valence-corrected chi connectivity index (χ2v) is 5.04. The van der Waals surface area contributed by atoms with Gasteiger partial charge in [-0.3, -0.25) is 0 Å². The summed E-state index contributed by atoms with van der Waals surface area (Å²) in [7, 11) is 2.11. The Hall–Kier alpha value is -0.800. The van der Waals surface area contributed by atoms with Crippen LogP contribution in [0, 0.1) is 12.3 Å². The SMILES string of the molecule is Cc1occc1CN(C)CC(C)(C)CN. The molecule has 0 aliphatic carbocycles. The lowest BCUT2D eigenvalue weighted by Crippen LogP contribution is -2.36. The van der Waals surface area contributed by atoms with E-state index in [1.165, 1.54) is 5.56 Å². The van der Waals surface area contributed by atoms with Crippen molar-refractivity contribution in [2.24, 2.45) is 11.1 Å². The molecular weight excluding hydrogens is 188 g/mol. The van der Waals surface area contributed by atoms with Gasteiger partial charge in [-0.05, 0) is 32.0 Å². The molecule has 0 spiro atoms. The van der Waals surface area contributed by atoms with Crippen LogP contribution >= 0.6 is 0 Å². The molecule has 0 aromatic carbocycles. The summed E-state index contributed by atoms with van der Waals surface area (Å²) in [5.74, 6) is 1.01. The number of hydrogen-bond acceptors (Lipinski definition) is 3. The lowest BCUT2D eigenvalue weighted by Gasteiger charge is -2.28. The normalized spacial score (nSPS) is 12.4. The van der Waals surface area contributed by atoms with E-state index < -0.39 is 0 Å². The topological polar surface area (TPSA) is 42.4 Å². The number of rotatable bonds is 5. The molecule has 15 heavy (non-hydrogen) atoms. The summed E-state index contributed by atoms with van der Waals surface area (Å²) in [6, 6.07) is 2.03. The molecule has 3 heteroatoms. The quantitative estimate of drug-likeness (QED) is 0.808. The number of nitrogens with two attached hydrogens (primary N) is 1. The van der Waals surface area contributed by atoms with Gasteiger partial charge in [0.1, 0.15) is 5.76 Å². The van der Waals surface area contributed by atoms with E-state index >= 15 is 0 Å². The van der Waals surface area contributed by atoms with Crippen LogP contribution in [0.1, 0.15) is 25.2 Å². The van der Waals surface area contributed by atoms with Gasteiger partial charge < -0.3 is 15.1 Å². The van der Waals surface area contributed by atoms with Crippen LogP contribution in [-0.4, -0.2) is 25.0 Å². The molecule has 0 bridgehead atoms. The van der Waals surface area contributed by atoms with E-state index in [2.05, 4.69) is 25.8 Å². The Morgan fingerprint density at radius 1 is 1.47 bits per heavy atom. The Morgan fingerprint density at radius 2 is 2.13 bits per heavy atom. The van der Waals surface area contributed by atoms with Crippen LogP contribution in [0.3, 0.4) is 0 Å². The number of nitrogens with zero attached hydrogens (tertiary/aromatic N) is 1. The molecule has 0 radical (unpaired) electrons. The summed E-state index contributed by atoms with van der Waals surface area (Å²) in [5.41, 5.74) is 7.14. The van der Waals surface area contributed by atoms with Crippen molar-refractivity contribution in [1.82, 2.24) is 4.90 Å².